The minimum Gasteiger partial charge on any atom is -0.434 e. The standard InChI is InChI=1S/C32H38N4O7S/c1-22(2)19-35(44(41,42)27-16-14-25(15-17-27)33-23(3)37)20-29(38)28(18-24-10-6-4-7-11-24)34-31(39)30-21-36(32(40)43-30)26-12-8-5-9-13-26/h4-17,22,28-30,38H,18-21H2,1-3H3,(H,33,37)(H,34,39)/t28-,29+,30-/m0/s1. The predicted octanol–water partition coefficient (Wildman–Crippen LogP) is 3.41. The Morgan fingerprint density at radius 3 is 2.18 bits per heavy atom. The van der Waals surface area contributed by atoms with Crippen molar-refractivity contribution in [2.24, 2.45) is 5.92 Å². The van der Waals surface area contributed by atoms with Gasteiger partial charge in [0.25, 0.3) is 5.91 Å². The average molecular weight is 623 g/mol. The first kappa shape index (κ1) is 32.6. The van der Waals surface area contributed by atoms with Crippen LogP contribution in [0.4, 0.5) is 16.2 Å². The minimum atomic E-state index is -4.06. The van der Waals surface area contributed by atoms with E-state index in [2.05, 4.69) is 10.6 Å². The summed E-state index contributed by atoms with van der Waals surface area (Å²) in [6.07, 6.45) is -2.88. The van der Waals surface area contributed by atoms with Crippen LogP contribution in [0.15, 0.2) is 89.8 Å². The lowest BCUT2D eigenvalue weighted by atomic mass is 10.0. The monoisotopic (exact) mass is 622 g/mol. The number of cyclic esters (lactones) is 1. The van der Waals surface area contributed by atoms with Gasteiger partial charge in [0.15, 0.2) is 6.10 Å². The molecule has 0 radical (unpaired) electrons. The van der Waals surface area contributed by atoms with Crippen LogP contribution in [0.5, 0.6) is 0 Å². The second-order valence-electron chi connectivity index (χ2n) is 11.1. The fourth-order valence-corrected chi connectivity index (χ4v) is 6.54. The van der Waals surface area contributed by atoms with Crippen LogP contribution in [-0.2, 0) is 30.8 Å². The molecular weight excluding hydrogens is 584 g/mol. The minimum absolute atomic E-state index is 0.00182. The number of hydrogen-bond donors (Lipinski definition) is 3. The van der Waals surface area contributed by atoms with Crippen molar-refractivity contribution in [2.75, 3.05) is 29.9 Å². The van der Waals surface area contributed by atoms with Gasteiger partial charge < -0.3 is 20.5 Å². The molecule has 1 saturated heterocycles. The first-order valence-electron chi connectivity index (χ1n) is 14.4. The van der Waals surface area contributed by atoms with Crippen molar-refractivity contribution in [1.82, 2.24) is 9.62 Å². The number of amides is 3. The second-order valence-corrected chi connectivity index (χ2v) is 13.1. The number of anilines is 2. The molecular formula is C32H38N4O7S. The smallest absolute Gasteiger partial charge is 0.415 e. The number of carbonyl (C=O) groups is 3. The molecule has 11 nitrogen and oxygen atoms in total. The number of aliphatic hydroxyl groups excluding tert-OH is 1. The Labute approximate surface area is 257 Å². The zero-order valence-corrected chi connectivity index (χ0v) is 25.7. The van der Waals surface area contributed by atoms with E-state index < -0.39 is 40.3 Å². The molecule has 12 heteroatoms. The van der Waals surface area contributed by atoms with E-state index in [1.165, 1.54) is 40.4 Å². The number of sulfonamides is 1. The third kappa shape index (κ3) is 8.43. The van der Waals surface area contributed by atoms with Crippen molar-refractivity contribution < 1.29 is 32.6 Å². The molecule has 4 rings (SSSR count). The molecule has 1 aliphatic heterocycles. The summed E-state index contributed by atoms with van der Waals surface area (Å²) in [5.74, 6) is -0.944. The molecule has 3 aromatic rings. The van der Waals surface area contributed by atoms with Crippen molar-refractivity contribution in [1.29, 1.82) is 0 Å². The van der Waals surface area contributed by atoms with Crippen LogP contribution in [0.3, 0.4) is 0 Å². The highest BCUT2D eigenvalue weighted by Gasteiger charge is 2.39. The number of carbonyl (C=O) groups excluding carboxylic acids is 3. The highest BCUT2D eigenvalue weighted by atomic mass is 32.2. The molecule has 0 aliphatic carbocycles. The van der Waals surface area contributed by atoms with Crippen LogP contribution in [0.2, 0.25) is 0 Å². The molecule has 44 heavy (non-hydrogen) atoms. The molecule has 0 spiro atoms. The normalized spacial score (nSPS) is 16.5. The van der Waals surface area contributed by atoms with Crippen LogP contribution in [0, 0.1) is 5.92 Å². The molecule has 0 unspecified atom stereocenters. The van der Waals surface area contributed by atoms with E-state index in [-0.39, 0.29) is 42.8 Å². The maximum absolute atomic E-state index is 13.7. The molecule has 1 fully saturated rings. The third-order valence-corrected chi connectivity index (χ3v) is 8.88. The Hall–Kier alpha value is -4.26. The van der Waals surface area contributed by atoms with Crippen molar-refractivity contribution in [3.63, 3.8) is 0 Å². The summed E-state index contributed by atoms with van der Waals surface area (Å²) in [6.45, 7) is 4.90. The maximum atomic E-state index is 13.7. The van der Waals surface area contributed by atoms with Gasteiger partial charge in [0, 0.05) is 31.4 Å². The summed E-state index contributed by atoms with van der Waals surface area (Å²) in [7, 11) is -4.06. The van der Waals surface area contributed by atoms with Crippen LogP contribution in [0.1, 0.15) is 26.3 Å². The molecule has 1 heterocycles. The van der Waals surface area contributed by atoms with Crippen molar-refractivity contribution in [2.45, 2.75) is 50.3 Å². The van der Waals surface area contributed by atoms with E-state index in [1.54, 1.807) is 24.3 Å². The lowest BCUT2D eigenvalue weighted by molar-refractivity contribution is -0.129. The van der Waals surface area contributed by atoms with Crippen molar-refractivity contribution >= 4 is 39.3 Å². The summed E-state index contributed by atoms with van der Waals surface area (Å²) >= 11 is 0. The lowest BCUT2D eigenvalue weighted by Crippen LogP contribution is -2.53. The number of para-hydroxylation sites is 1. The van der Waals surface area contributed by atoms with Gasteiger partial charge in [-0.15, -0.1) is 0 Å². The second kappa shape index (κ2) is 14.5. The number of rotatable bonds is 13. The lowest BCUT2D eigenvalue weighted by Gasteiger charge is -2.31. The zero-order chi connectivity index (χ0) is 31.9. The highest BCUT2D eigenvalue weighted by Crippen LogP contribution is 2.23. The Balaban J connectivity index is 1.54. The Morgan fingerprint density at radius 2 is 1.59 bits per heavy atom. The van der Waals surface area contributed by atoms with E-state index in [9.17, 15) is 27.9 Å². The molecule has 3 atom stereocenters. The van der Waals surface area contributed by atoms with E-state index in [1.807, 2.05) is 50.2 Å². The van der Waals surface area contributed by atoms with Crippen molar-refractivity contribution in [3.8, 4) is 0 Å². The van der Waals surface area contributed by atoms with Crippen LogP contribution < -0.4 is 15.5 Å². The molecule has 3 aromatic carbocycles. The van der Waals surface area contributed by atoms with Gasteiger partial charge in [-0.1, -0.05) is 62.4 Å². The molecule has 234 valence electrons. The molecule has 1 aliphatic rings. The third-order valence-electron chi connectivity index (χ3n) is 7.03. The van der Waals surface area contributed by atoms with Gasteiger partial charge in [-0.25, -0.2) is 13.2 Å². The van der Waals surface area contributed by atoms with Gasteiger partial charge in [0.2, 0.25) is 15.9 Å². The van der Waals surface area contributed by atoms with Gasteiger partial charge in [0.05, 0.1) is 23.6 Å². The molecule has 3 N–H and O–H groups in total. The van der Waals surface area contributed by atoms with E-state index in [0.717, 1.165) is 5.56 Å². The number of hydrogen-bond acceptors (Lipinski definition) is 7. The molecule has 3 amide bonds. The first-order valence-corrected chi connectivity index (χ1v) is 15.8. The van der Waals surface area contributed by atoms with E-state index in [4.69, 9.17) is 4.74 Å². The first-order chi connectivity index (χ1) is 20.9. The molecule has 0 bridgehead atoms. The van der Waals surface area contributed by atoms with Crippen LogP contribution >= 0.6 is 0 Å². The molecule has 0 aromatic heterocycles. The average Bonchev–Trinajstić information content (AvgIpc) is 3.39. The number of ether oxygens (including phenoxy) is 1. The fourth-order valence-electron chi connectivity index (χ4n) is 4.92. The Bertz CT molecular complexity index is 1530. The summed E-state index contributed by atoms with van der Waals surface area (Å²) in [5, 5.41) is 16.9. The van der Waals surface area contributed by atoms with E-state index in [0.29, 0.717) is 11.4 Å². The van der Waals surface area contributed by atoms with Crippen LogP contribution in [0.25, 0.3) is 0 Å². The maximum Gasteiger partial charge on any atom is 0.415 e. The summed E-state index contributed by atoms with van der Waals surface area (Å²) in [5.41, 5.74) is 1.86. The summed E-state index contributed by atoms with van der Waals surface area (Å²) < 4.78 is 34.0. The topological polar surface area (TPSA) is 145 Å². The van der Waals surface area contributed by atoms with Gasteiger partial charge in [-0.05, 0) is 54.3 Å². The van der Waals surface area contributed by atoms with Crippen LogP contribution in [-0.4, -0.2) is 73.6 Å². The quantitative estimate of drug-likeness (QED) is 0.265. The zero-order valence-electron chi connectivity index (χ0n) is 24.9. The van der Waals surface area contributed by atoms with Gasteiger partial charge in [0.1, 0.15) is 0 Å². The Morgan fingerprint density at radius 1 is 0.977 bits per heavy atom. The van der Waals surface area contributed by atoms with Gasteiger partial charge in [-0.2, -0.15) is 4.31 Å². The molecule has 0 saturated carbocycles. The highest BCUT2D eigenvalue weighted by molar-refractivity contribution is 7.89. The number of aliphatic hydroxyl groups is 1. The van der Waals surface area contributed by atoms with E-state index >= 15 is 0 Å². The Kier molecular flexibility index (Phi) is 10.7. The van der Waals surface area contributed by atoms with Crippen molar-refractivity contribution in [3.05, 3.63) is 90.5 Å². The van der Waals surface area contributed by atoms with Gasteiger partial charge >= 0.3 is 6.09 Å². The predicted molar refractivity (Wildman–Crippen MR) is 166 cm³/mol. The van der Waals surface area contributed by atoms with Gasteiger partial charge in [-0.3, -0.25) is 14.5 Å². The number of nitrogens with one attached hydrogen (secondary N) is 2. The summed E-state index contributed by atoms with van der Waals surface area (Å²) in [6, 6.07) is 22.9. The summed E-state index contributed by atoms with van der Waals surface area (Å²) in [4.78, 5) is 38.7. The fraction of sp³-hybridized carbons (Fsp3) is 0.344. The largest absolute Gasteiger partial charge is 0.434 e. The SMILES string of the molecule is CC(=O)Nc1ccc(S(=O)(=O)N(CC(C)C)C[C@@H](O)[C@H](Cc2ccccc2)NC(=O)[C@@H]2CN(c3ccccc3)C(=O)O2)cc1. The number of benzene rings is 3. The number of nitrogens with zero attached hydrogens (tertiary/aromatic N) is 2.